The normalized spacial score (nSPS) is 12.9. The Morgan fingerprint density at radius 2 is 2.14 bits per heavy atom. The molecule has 4 heteroatoms. The van der Waals surface area contributed by atoms with E-state index in [0.29, 0.717) is 0 Å². The van der Waals surface area contributed by atoms with Gasteiger partial charge in [-0.1, -0.05) is 25.1 Å². The Morgan fingerprint density at radius 1 is 1.29 bits per heavy atom. The van der Waals surface area contributed by atoms with Crippen LogP contribution in [0.3, 0.4) is 0 Å². The number of hydrogen-bond acceptors (Lipinski definition) is 3. The number of hydrogen-bond donors (Lipinski definition) is 1. The number of benzene rings is 1. The highest BCUT2D eigenvalue weighted by Gasteiger charge is 2.19. The molecule has 1 unspecified atom stereocenters. The molecule has 0 saturated heterocycles. The molecule has 2 heterocycles. The molecule has 3 aromatic rings. The van der Waals surface area contributed by atoms with Gasteiger partial charge in [-0.05, 0) is 32.0 Å². The lowest BCUT2D eigenvalue weighted by molar-refractivity contribution is 0.469. The Hall–Kier alpha value is -2.07. The zero-order valence-corrected chi connectivity index (χ0v) is 12.5. The number of nitrogens with zero attached hydrogens (tertiary/aromatic N) is 2. The van der Waals surface area contributed by atoms with E-state index in [-0.39, 0.29) is 6.04 Å². The summed E-state index contributed by atoms with van der Waals surface area (Å²) >= 11 is 0. The van der Waals surface area contributed by atoms with Gasteiger partial charge in [0.15, 0.2) is 0 Å². The van der Waals surface area contributed by atoms with E-state index in [1.165, 1.54) is 0 Å². The summed E-state index contributed by atoms with van der Waals surface area (Å²) in [5.41, 5.74) is 2.07. The van der Waals surface area contributed by atoms with Gasteiger partial charge in [-0.15, -0.1) is 0 Å². The van der Waals surface area contributed by atoms with Gasteiger partial charge in [-0.3, -0.25) is 4.68 Å². The van der Waals surface area contributed by atoms with E-state index in [4.69, 9.17) is 4.42 Å². The van der Waals surface area contributed by atoms with E-state index in [1.807, 2.05) is 29.1 Å². The van der Waals surface area contributed by atoms with Gasteiger partial charge in [0.2, 0.25) is 0 Å². The molecule has 1 aromatic carbocycles. The third-order valence-electron chi connectivity index (χ3n) is 3.64. The molecule has 1 atom stereocenters. The number of fused-ring (bicyclic) bond motifs is 1. The Morgan fingerprint density at radius 3 is 2.86 bits per heavy atom. The molecule has 3 rings (SSSR count). The number of nitrogens with one attached hydrogen (secondary N) is 1. The van der Waals surface area contributed by atoms with Gasteiger partial charge in [0, 0.05) is 23.7 Å². The Balaban J connectivity index is 1.97. The number of aryl methyl sites for hydroxylation is 1. The SMILES string of the molecule is CCCNC(c1cnn(CC)c1)c1cc2ccccc2o1. The standard InChI is InChI=1S/C17H21N3O/c1-3-9-18-17(14-11-19-20(4-2)12-14)16-10-13-7-5-6-8-15(13)21-16/h5-8,10-12,17-18H,3-4,9H2,1-2H3. The van der Waals surface area contributed by atoms with Gasteiger partial charge < -0.3 is 9.73 Å². The highest BCUT2D eigenvalue weighted by Crippen LogP contribution is 2.28. The second-order valence-electron chi connectivity index (χ2n) is 5.20. The molecule has 0 spiro atoms. The predicted molar refractivity (Wildman–Crippen MR) is 84.3 cm³/mol. The second kappa shape index (κ2) is 6.14. The Labute approximate surface area is 124 Å². The first kappa shape index (κ1) is 13.9. The number of rotatable bonds is 6. The lowest BCUT2D eigenvalue weighted by Crippen LogP contribution is -2.22. The van der Waals surface area contributed by atoms with Gasteiger partial charge in [0.1, 0.15) is 11.3 Å². The van der Waals surface area contributed by atoms with Crippen LogP contribution in [0.15, 0.2) is 47.1 Å². The van der Waals surface area contributed by atoms with Gasteiger partial charge in [-0.25, -0.2) is 0 Å². The van der Waals surface area contributed by atoms with Crippen molar-refractivity contribution in [3.05, 3.63) is 54.0 Å². The predicted octanol–water partition coefficient (Wildman–Crippen LogP) is 3.74. The molecule has 0 aliphatic carbocycles. The minimum absolute atomic E-state index is 0.0534. The molecular weight excluding hydrogens is 262 g/mol. The molecular formula is C17H21N3O. The molecule has 2 aromatic heterocycles. The van der Waals surface area contributed by atoms with Crippen LogP contribution in [-0.2, 0) is 6.54 Å². The number of aromatic nitrogens is 2. The summed E-state index contributed by atoms with van der Waals surface area (Å²) in [5.74, 6) is 0.945. The molecule has 0 aliphatic rings. The maximum absolute atomic E-state index is 6.03. The van der Waals surface area contributed by atoms with E-state index < -0.39 is 0 Å². The van der Waals surface area contributed by atoms with E-state index >= 15 is 0 Å². The van der Waals surface area contributed by atoms with Crippen molar-refractivity contribution >= 4 is 11.0 Å². The average molecular weight is 283 g/mol. The third kappa shape index (κ3) is 2.85. The molecule has 0 fully saturated rings. The summed E-state index contributed by atoms with van der Waals surface area (Å²) in [6.07, 6.45) is 5.09. The van der Waals surface area contributed by atoms with Crippen molar-refractivity contribution in [2.45, 2.75) is 32.9 Å². The number of furan rings is 1. The molecule has 1 N–H and O–H groups in total. The monoisotopic (exact) mass is 283 g/mol. The summed E-state index contributed by atoms with van der Waals surface area (Å²) in [6.45, 7) is 6.07. The van der Waals surface area contributed by atoms with Crippen molar-refractivity contribution in [3.63, 3.8) is 0 Å². The molecule has 21 heavy (non-hydrogen) atoms. The maximum atomic E-state index is 6.03. The van der Waals surface area contributed by atoms with Crippen LogP contribution < -0.4 is 5.32 Å². The summed E-state index contributed by atoms with van der Waals surface area (Å²) in [4.78, 5) is 0. The number of para-hydroxylation sites is 1. The molecule has 0 bridgehead atoms. The first-order chi connectivity index (χ1) is 10.3. The summed E-state index contributed by atoms with van der Waals surface area (Å²) in [6, 6.07) is 10.3. The van der Waals surface area contributed by atoms with Gasteiger partial charge in [0.05, 0.1) is 12.2 Å². The molecule has 0 amide bonds. The summed E-state index contributed by atoms with van der Waals surface area (Å²) in [5, 5.41) is 9.07. The Kier molecular flexibility index (Phi) is 4.06. The third-order valence-corrected chi connectivity index (χ3v) is 3.64. The first-order valence-corrected chi connectivity index (χ1v) is 7.56. The van der Waals surface area contributed by atoms with Crippen molar-refractivity contribution in [1.82, 2.24) is 15.1 Å². The van der Waals surface area contributed by atoms with Crippen molar-refractivity contribution in [1.29, 1.82) is 0 Å². The maximum Gasteiger partial charge on any atom is 0.134 e. The van der Waals surface area contributed by atoms with E-state index in [9.17, 15) is 0 Å². The van der Waals surface area contributed by atoms with Crippen LogP contribution >= 0.6 is 0 Å². The minimum Gasteiger partial charge on any atom is -0.459 e. The highest BCUT2D eigenvalue weighted by atomic mass is 16.3. The van der Waals surface area contributed by atoms with Gasteiger partial charge >= 0.3 is 0 Å². The minimum atomic E-state index is 0.0534. The van der Waals surface area contributed by atoms with Gasteiger partial charge in [0.25, 0.3) is 0 Å². The quantitative estimate of drug-likeness (QED) is 0.749. The lowest BCUT2D eigenvalue weighted by atomic mass is 10.1. The van der Waals surface area contributed by atoms with Crippen LogP contribution in [0, 0.1) is 0 Å². The zero-order valence-electron chi connectivity index (χ0n) is 12.5. The highest BCUT2D eigenvalue weighted by molar-refractivity contribution is 5.77. The first-order valence-electron chi connectivity index (χ1n) is 7.56. The van der Waals surface area contributed by atoms with E-state index in [1.54, 1.807) is 0 Å². The second-order valence-corrected chi connectivity index (χ2v) is 5.20. The van der Waals surface area contributed by atoms with Crippen molar-refractivity contribution in [2.75, 3.05) is 6.54 Å². The molecule has 0 aliphatic heterocycles. The summed E-state index contributed by atoms with van der Waals surface area (Å²) < 4.78 is 7.97. The van der Waals surface area contributed by atoms with E-state index in [0.717, 1.165) is 41.8 Å². The van der Waals surface area contributed by atoms with Crippen LogP contribution in [0.2, 0.25) is 0 Å². The molecule has 0 radical (unpaired) electrons. The van der Waals surface area contributed by atoms with Gasteiger partial charge in [-0.2, -0.15) is 5.10 Å². The smallest absolute Gasteiger partial charge is 0.134 e. The van der Waals surface area contributed by atoms with Crippen molar-refractivity contribution in [3.8, 4) is 0 Å². The summed E-state index contributed by atoms with van der Waals surface area (Å²) in [7, 11) is 0. The van der Waals surface area contributed by atoms with E-state index in [2.05, 4.69) is 42.6 Å². The molecule has 110 valence electrons. The Bertz CT molecular complexity index is 680. The van der Waals surface area contributed by atoms with Crippen LogP contribution in [0.5, 0.6) is 0 Å². The molecule has 4 nitrogen and oxygen atoms in total. The van der Waals surface area contributed by atoms with Crippen LogP contribution in [0.25, 0.3) is 11.0 Å². The van der Waals surface area contributed by atoms with Crippen molar-refractivity contribution in [2.24, 2.45) is 0 Å². The zero-order chi connectivity index (χ0) is 14.7. The largest absolute Gasteiger partial charge is 0.459 e. The molecule has 0 saturated carbocycles. The topological polar surface area (TPSA) is 43.0 Å². The van der Waals surface area contributed by atoms with Crippen LogP contribution in [0.1, 0.15) is 37.6 Å². The fourth-order valence-electron chi connectivity index (χ4n) is 2.52. The van der Waals surface area contributed by atoms with Crippen LogP contribution in [-0.4, -0.2) is 16.3 Å². The lowest BCUT2D eigenvalue weighted by Gasteiger charge is -2.14. The fourth-order valence-corrected chi connectivity index (χ4v) is 2.52. The van der Waals surface area contributed by atoms with Crippen molar-refractivity contribution < 1.29 is 4.42 Å². The fraction of sp³-hybridized carbons (Fsp3) is 0.353. The average Bonchev–Trinajstić information content (AvgIpc) is 3.14. The van der Waals surface area contributed by atoms with Crippen LogP contribution in [0.4, 0.5) is 0 Å².